The van der Waals surface area contributed by atoms with Crippen molar-refractivity contribution in [2.45, 2.75) is 37.9 Å². The summed E-state index contributed by atoms with van der Waals surface area (Å²) >= 11 is 0. The van der Waals surface area contributed by atoms with E-state index in [1.54, 1.807) is 0 Å². The third-order valence-corrected chi connectivity index (χ3v) is 3.44. The summed E-state index contributed by atoms with van der Waals surface area (Å²) in [7, 11) is 4.30. The van der Waals surface area contributed by atoms with E-state index in [1.807, 2.05) is 0 Å². The van der Waals surface area contributed by atoms with Gasteiger partial charge >= 0.3 is 0 Å². The van der Waals surface area contributed by atoms with Crippen LogP contribution in [0.3, 0.4) is 0 Å². The lowest BCUT2D eigenvalue weighted by Gasteiger charge is -2.40. The van der Waals surface area contributed by atoms with Crippen LogP contribution in [0.15, 0.2) is 0 Å². The highest BCUT2D eigenvalue weighted by atomic mass is 16.5. The molecule has 3 nitrogen and oxygen atoms in total. The van der Waals surface area contributed by atoms with Gasteiger partial charge in [0.25, 0.3) is 0 Å². The second kappa shape index (κ2) is 4.17. The Morgan fingerprint density at radius 1 is 1.29 bits per heavy atom. The molecule has 0 spiro atoms. The van der Waals surface area contributed by atoms with Gasteiger partial charge in [-0.3, -0.25) is 4.90 Å². The third-order valence-electron chi connectivity index (χ3n) is 3.44. The molecule has 0 radical (unpaired) electrons. The van der Waals surface area contributed by atoms with E-state index in [4.69, 9.17) is 4.74 Å². The predicted molar refractivity (Wildman–Crippen MR) is 57.5 cm³/mol. The summed E-state index contributed by atoms with van der Waals surface area (Å²) in [5.74, 6) is 0. The average Bonchev–Trinajstić information content (AvgIpc) is 2.36. The Kier molecular flexibility index (Phi) is 3.10. The van der Waals surface area contributed by atoms with E-state index in [1.165, 1.54) is 12.8 Å². The van der Waals surface area contributed by atoms with Gasteiger partial charge in [0.1, 0.15) is 0 Å². The van der Waals surface area contributed by atoms with Gasteiger partial charge in [0, 0.05) is 24.7 Å². The Balaban J connectivity index is 1.96. The van der Waals surface area contributed by atoms with Gasteiger partial charge in [-0.15, -0.1) is 0 Å². The number of fused-ring (bicyclic) bond motifs is 2. The molecular formula is C11H22N2O. The maximum Gasteiger partial charge on any atom is 0.0622 e. The number of nitrogens with zero attached hydrogens (tertiary/aromatic N) is 2. The van der Waals surface area contributed by atoms with Gasteiger partial charge in [0.15, 0.2) is 0 Å². The smallest absolute Gasteiger partial charge is 0.0622 e. The van der Waals surface area contributed by atoms with Crippen LogP contribution in [-0.4, -0.2) is 61.8 Å². The molecule has 2 bridgehead atoms. The molecule has 3 atom stereocenters. The van der Waals surface area contributed by atoms with Crippen molar-refractivity contribution in [3.63, 3.8) is 0 Å². The van der Waals surface area contributed by atoms with E-state index in [0.29, 0.717) is 18.1 Å². The fourth-order valence-electron chi connectivity index (χ4n) is 3.00. The lowest BCUT2D eigenvalue weighted by Crippen LogP contribution is -2.52. The molecule has 0 amide bonds. The van der Waals surface area contributed by atoms with Crippen molar-refractivity contribution in [1.29, 1.82) is 0 Å². The molecule has 2 fully saturated rings. The van der Waals surface area contributed by atoms with Crippen LogP contribution in [0, 0.1) is 0 Å². The van der Waals surface area contributed by atoms with Gasteiger partial charge in [-0.25, -0.2) is 0 Å². The van der Waals surface area contributed by atoms with E-state index in [0.717, 1.165) is 19.8 Å². The Bertz CT molecular complexity index is 180. The second-order valence-electron chi connectivity index (χ2n) is 4.98. The Hall–Kier alpha value is -0.120. The van der Waals surface area contributed by atoms with Crippen molar-refractivity contribution in [2.75, 3.05) is 33.9 Å². The summed E-state index contributed by atoms with van der Waals surface area (Å²) in [6.07, 6.45) is 2.67. The maximum absolute atomic E-state index is 5.59. The molecule has 0 aromatic heterocycles. The molecule has 3 unspecified atom stereocenters. The van der Waals surface area contributed by atoms with Crippen molar-refractivity contribution in [2.24, 2.45) is 0 Å². The first-order valence-electron chi connectivity index (χ1n) is 5.68. The minimum Gasteiger partial charge on any atom is -0.378 e. The molecule has 82 valence electrons. The normalized spacial score (nSPS) is 35.1. The lowest BCUT2D eigenvalue weighted by molar-refractivity contribution is -0.0365. The number of morpholine rings is 1. The van der Waals surface area contributed by atoms with Crippen molar-refractivity contribution in [1.82, 2.24) is 9.80 Å². The molecule has 0 aliphatic carbocycles. The molecule has 2 saturated heterocycles. The topological polar surface area (TPSA) is 15.7 Å². The first kappa shape index (κ1) is 10.4. The van der Waals surface area contributed by atoms with E-state index in [-0.39, 0.29) is 0 Å². The molecular weight excluding hydrogens is 176 g/mol. The molecule has 0 N–H and O–H groups in total. The van der Waals surface area contributed by atoms with Crippen molar-refractivity contribution < 1.29 is 4.74 Å². The van der Waals surface area contributed by atoms with E-state index in [9.17, 15) is 0 Å². The minimum absolute atomic E-state index is 0.673. The van der Waals surface area contributed by atoms with Crippen molar-refractivity contribution >= 4 is 0 Å². The molecule has 2 heterocycles. The highest BCUT2D eigenvalue weighted by molar-refractivity contribution is 4.93. The summed E-state index contributed by atoms with van der Waals surface area (Å²) in [5.41, 5.74) is 0. The summed E-state index contributed by atoms with van der Waals surface area (Å²) < 4.78 is 5.59. The van der Waals surface area contributed by atoms with Gasteiger partial charge < -0.3 is 9.64 Å². The highest BCUT2D eigenvalue weighted by Crippen LogP contribution is 2.30. The second-order valence-corrected chi connectivity index (χ2v) is 4.98. The standard InChI is InChI=1S/C11H22N2O/c1-9(6-12(2)3)13-10-4-5-11(13)8-14-7-10/h9-11H,4-8H2,1-3H3. The fourth-order valence-corrected chi connectivity index (χ4v) is 3.00. The zero-order valence-electron chi connectivity index (χ0n) is 9.57. The van der Waals surface area contributed by atoms with Crippen LogP contribution < -0.4 is 0 Å². The Morgan fingerprint density at radius 3 is 2.36 bits per heavy atom. The van der Waals surface area contributed by atoms with Gasteiger partial charge in [0.2, 0.25) is 0 Å². The first-order chi connectivity index (χ1) is 6.68. The Morgan fingerprint density at radius 2 is 1.86 bits per heavy atom. The van der Waals surface area contributed by atoms with Crippen LogP contribution in [0.4, 0.5) is 0 Å². The van der Waals surface area contributed by atoms with Crippen LogP contribution in [0.5, 0.6) is 0 Å². The molecule has 2 rings (SSSR count). The zero-order valence-corrected chi connectivity index (χ0v) is 9.57. The molecule has 3 heteroatoms. The third kappa shape index (κ3) is 1.95. The molecule has 2 aliphatic rings. The predicted octanol–water partition coefficient (Wildman–Crippen LogP) is 0.800. The quantitative estimate of drug-likeness (QED) is 0.667. The minimum atomic E-state index is 0.673. The largest absolute Gasteiger partial charge is 0.378 e. The van der Waals surface area contributed by atoms with Gasteiger partial charge in [-0.1, -0.05) is 0 Å². The average molecular weight is 198 g/mol. The summed E-state index contributed by atoms with van der Waals surface area (Å²) in [4.78, 5) is 4.96. The molecule has 0 aromatic carbocycles. The number of likely N-dealkylation sites (N-methyl/N-ethyl adjacent to an activating group) is 1. The lowest BCUT2D eigenvalue weighted by atomic mass is 10.2. The molecule has 2 aliphatic heterocycles. The van der Waals surface area contributed by atoms with Crippen molar-refractivity contribution in [3.8, 4) is 0 Å². The van der Waals surface area contributed by atoms with Gasteiger partial charge in [-0.2, -0.15) is 0 Å². The fraction of sp³-hybridized carbons (Fsp3) is 1.00. The molecule has 0 saturated carbocycles. The van der Waals surface area contributed by atoms with Crippen LogP contribution >= 0.6 is 0 Å². The van der Waals surface area contributed by atoms with Crippen LogP contribution in [0.1, 0.15) is 19.8 Å². The Labute approximate surface area is 87.0 Å². The van der Waals surface area contributed by atoms with Gasteiger partial charge in [-0.05, 0) is 33.9 Å². The molecule has 14 heavy (non-hydrogen) atoms. The van der Waals surface area contributed by atoms with E-state index >= 15 is 0 Å². The van der Waals surface area contributed by atoms with Crippen LogP contribution in [-0.2, 0) is 4.74 Å². The van der Waals surface area contributed by atoms with Gasteiger partial charge in [0.05, 0.1) is 13.2 Å². The van der Waals surface area contributed by atoms with Crippen LogP contribution in [0.25, 0.3) is 0 Å². The monoisotopic (exact) mass is 198 g/mol. The number of hydrogen-bond donors (Lipinski definition) is 0. The SMILES string of the molecule is CC(CN(C)C)N1C2CCC1COC2. The molecule has 0 aromatic rings. The highest BCUT2D eigenvalue weighted by Gasteiger charge is 2.39. The first-order valence-corrected chi connectivity index (χ1v) is 5.68. The summed E-state index contributed by atoms with van der Waals surface area (Å²) in [5, 5.41) is 0. The number of hydrogen-bond acceptors (Lipinski definition) is 3. The summed E-state index contributed by atoms with van der Waals surface area (Å²) in [6.45, 7) is 5.41. The number of rotatable bonds is 3. The van der Waals surface area contributed by atoms with E-state index in [2.05, 4.69) is 30.8 Å². The maximum atomic E-state index is 5.59. The zero-order chi connectivity index (χ0) is 10.1. The van der Waals surface area contributed by atoms with Crippen LogP contribution in [0.2, 0.25) is 0 Å². The van der Waals surface area contributed by atoms with Crippen molar-refractivity contribution in [3.05, 3.63) is 0 Å². The number of ether oxygens (including phenoxy) is 1. The van der Waals surface area contributed by atoms with E-state index < -0.39 is 0 Å². The summed E-state index contributed by atoms with van der Waals surface area (Å²) in [6, 6.07) is 2.07.